The van der Waals surface area contributed by atoms with Gasteiger partial charge in [-0.25, -0.2) is 4.79 Å². The van der Waals surface area contributed by atoms with Crippen LogP contribution in [0, 0.1) is 11.8 Å². The normalized spacial score (nSPS) is 29.1. The smallest absolute Gasteiger partial charge is 0.407 e. The number of primary amides is 1. The van der Waals surface area contributed by atoms with Crippen molar-refractivity contribution in [2.24, 2.45) is 17.6 Å². The van der Waals surface area contributed by atoms with Crippen LogP contribution < -0.4 is 16.4 Å². The molecule has 0 spiro atoms. The van der Waals surface area contributed by atoms with Crippen molar-refractivity contribution in [1.29, 1.82) is 0 Å². The minimum absolute atomic E-state index is 0.0145. The van der Waals surface area contributed by atoms with Gasteiger partial charge in [-0.15, -0.1) is 0 Å². The van der Waals surface area contributed by atoms with E-state index in [0.717, 1.165) is 12.8 Å². The topological polar surface area (TPSA) is 111 Å². The Kier molecular flexibility index (Phi) is 4.95. The fourth-order valence-electron chi connectivity index (χ4n) is 2.99. The summed E-state index contributed by atoms with van der Waals surface area (Å²) < 4.78 is 4.55. The number of ketones is 1. The number of rotatable bonds is 4. The van der Waals surface area contributed by atoms with Crippen molar-refractivity contribution in [3.8, 4) is 0 Å². The molecule has 3 atom stereocenters. The van der Waals surface area contributed by atoms with Crippen molar-refractivity contribution in [2.75, 3.05) is 13.7 Å². The second-order valence-corrected chi connectivity index (χ2v) is 5.51. The van der Waals surface area contributed by atoms with Gasteiger partial charge in [-0.1, -0.05) is 12.2 Å². The molecule has 0 bridgehead atoms. The summed E-state index contributed by atoms with van der Waals surface area (Å²) in [6, 6.07) is -1.22. The third-order valence-corrected chi connectivity index (χ3v) is 4.13. The summed E-state index contributed by atoms with van der Waals surface area (Å²) in [6.45, 7) is 0.405. The molecule has 2 rings (SSSR count). The Bertz CT molecular complexity index is 455. The van der Waals surface area contributed by atoms with Crippen molar-refractivity contribution in [2.45, 2.75) is 31.3 Å². The molecule has 1 aliphatic heterocycles. The van der Waals surface area contributed by atoms with Gasteiger partial charge < -0.3 is 21.1 Å². The zero-order chi connectivity index (χ0) is 15.4. The molecule has 1 aliphatic carbocycles. The molecule has 3 unspecified atom stereocenters. The predicted octanol–water partition coefficient (Wildman–Crippen LogP) is -0.290. The number of allylic oxidation sites excluding steroid dienone is 2. The molecule has 1 fully saturated rings. The number of amides is 2. The van der Waals surface area contributed by atoms with E-state index < -0.39 is 24.1 Å². The summed E-state index contributed by atoms with van der Waals surface area (Å²) in [7, 11) is 1.25. The Morgan fingerprint density at radius 1 is 1.24 bits per heavy atom. The highest BCUT2D eigenvalue weighted by Crippen LogP contribution is 2.26. The highest BCUT2D eigenvalue weighted by molar-refractivity contribution is 5.86. The van der Waals surface area contributed by atoms with Gasteiger partial charge in [0.25, 0.3) is 0 Å². The zero-order valence-corrected chi connectivity index (χ0v) is 12.0. The van der Waals surface area contributed by atoms with Crippen molar-refractivity contribution in [1.82, 2.24) is 10.6 Å². The largest absolute Gasteiger partial charge is 0.453 e. The first kappa shape index (κ1) is 15.5. The van der Waals surface area contributed by atoms with Crippen molar-refractivity contribution >= 4 is 17.8 Å². The van der Waals surface area contributed by atoms with Crippen LogP contribution in [-0.4, -0.2) is 43.5 Å². The quantitative estimate of drug-likeness (QED) is 0.617. The summed E-state index contributed by atoms with van der Waals surface area (Å²) in [5.41, 5.74) is 5.33. The first-order valence-corrected chi connectivity index (χ1v) is 7.08. The molecule has 0 saturated carbocycles. The Morgan fingerprint density at radius 2 is 1.90 bits per heavy atom. The highest BCUT2D eigenvalue weighted by atomic mass is 16.5. The number of nitrogens with one attached hydrogen (secondary N) is 2. The van der Waals surface area contributed by atoms with Crippen LogP contribution >= 0.6 is 0 Å². The number of nitrogens with two attached hydrogens (primary N) is 1. The summed E-state index contributed by atoms with van der Waals surface area (Å²) in [5.74, 6) is -0.592. The van der Waals surface area contributed by atoms with E-state index >= 15 is 0 Å². The molecule has 0 aromatic heterocycles. The molecule has 0 aromatic rings. The second kappa shape index (κ2) is 6.71. The van der Waals surface area contributed by atoms with Crippen LogP contribution in [0.2, 0.25) is 0 Å². The zero-order valence-electron chi connectivity index (χ0n) is 12.0. The summed E-state index contributed by atoms with van der Waals surface area (Å²) in [5, 5.41) is 5.55. The standard InChI is InChI=1S/C14H21N3O4/c1-21-14(20)17-10-6-9(7-16-11(10)13(15)19)12(18)8-4-2-3-5-8/h2-3,8-11,16H,4-7H2,1H3,(H2,15,19)(H,17,20). The third-order valence-electron chi connectivity index (χ3n) is 4.13. The lowest BCUT2D eigenvalue weighted by atomic mass is 9.82. The van der Waals surface area contributed by atoms with Gasteiger partial charge in [-0.05, 0) is 19.3 Å². The van der Waals surface area contributed by atoms with Gasteiger partial charge in [0, 0.05) is 18.4 Å². The fraction of sp³-hybridized carbons (Fsp3) is 0.643. The highest BCUT2D eigenvalue weighted by Gasteiger charge is 2.39. The average molecular weight is 295 g/mol. The first-order chi connectivity index (χ1) is 10.0. The molecule has 4 N–H and O–H groups in total. The van der Waals surface area contributed by atoms with Crippen molar-refractivity contribution in [3.63, 3.8) is 0 Å². The number of carbonyl (C=O) groups excluding carboxylic acids is 3. The van der Waals surface area contributed by atoms with Crippen LogP contribution in [0.25, 0.3) is 0 Å². The first-order valence-electron chi connectivity index (χ1n) is 7.08. The number of alkyl carbamates (subject to hydrolysis) is 1. The number of ether oxygens (including phenoxy) is 1. The molecule has 2 aliphatic rings. The van der Waals surface area contributed by atoms with Gasteiger partial charge in [0.15, 0.2) is 0 Å². The lowest BCUT2D eigenvalue weighted by Crippen LogP contribution is -2.62. The number of Topliss-reactive ketones (excluding diaryl/α,β-unsaturated/α-hetero) is 1. The summed E-state index contributed by atoms with van der Waals surface area (Å²) >= 11 is 0. The second-order valence-electron chi connectivity index (χ2n) is 5.51. The van der Waals surface area contributed by atoms with E-state index in [9.17, 15) is 14.4 Å². The van der Waals surface area contributed by atoms with Crippen LogP contribution in [0.4, 0.5) is 4.79 Å². The molecule has 1 heterocycles. The summed E-state index contributed by atoms with van der Waals surface area (Å²) in [4.78, 5) is 35.3. The van der Waals surface area contributed by atoms with E-state index in [-0.39, 0.29) is 17.6 Å². The maximum Gasteiger partial charge on any atom is 0.407 e. The van der Waals surface area contributed by atoms with E-state index in [1.165, 1.54) is 7.11 Å². The van der Waals surface area contributed by atoms with Gasteiger partial charge in [-0.3, -0.25) is 9.59 Å². The predicted molar refractivity (Wildman–Crippen MR) is 75.3 cm³/mol. The monoisotopic (exact) mass is 295 g/mol. The van der Waals surface area contributed by atoms with Crippen LogP contribution in [0.1, 0.15) is 19.3 Å². The Hall–Kier alpha value is -1.89. The molecular formula is C14H21N3O4. The molecule has 116 valence electrons. The van der Waals surface area contributed by atoms with Gasteiger partial charge in [-0.2, -0.15) is 0 Å². The molecule has 1 saturated heterocycles. The molecule has 0 aromatic carbocycles. The summed E-state index contributed by atoms with van der Waals surface area (Å²) in [6.07, 6.45) is 5.31. The van der Waals surface area contributed by atoms with E-state index in [2.05, 4.69) is 15.4 Å². The number of carbonyl (C=O) groups is 3. The van der Waals surface area contributed by atoms with Crippen molar-refractivity contribution in [3.05, 3.63) is 12.2 Å². The van der Waals surface area contributed by atoms with Gasteiger partial charge in [0.05, 0.1) is 13.2 Å². The van der Waals surface area contributed by atoms with E-state index in [1.54, 1.807) is 0 Å². The number of hydrogen-bond donors (Lipinski definition) is 3. The maximum absolute atomic E-state index is 12.4. The molecule has 0 radical (unpaired) electrons. The van der Waals surface area contributed by atoms with Crippen LogP contribution in [0.3, 0.4) is 0 Å². The molecule has 2 amide bonds. The SMILES string of the molecule is COC(=O)NC1CC(C(=O)C2CC=CC2)CNC1C(N)=O. The minimum atomic E-state index is -0.685. The number of methoxy groups -OCH3 is 1. The Morgan fingerprint density at radius 3 is 2.48 bits per heavy atom. The van der Waals surface area contributed by atoms with Crippen LogP contribution in [0.15, 0.2) is 12.2 Å². The van der Waals surface area contributed by atoms with Crippen molar-refractivity contribution < 1.29 is 19.1 Å². The van der Waals surface area contributed by atoms with Crippen LogP contribution in [0.5, 0.6) is 0 Å². The third kappa shape index (κ3) is 3.60. The Labute approximate surface area is 123 Å². The fourth-order valence-corrected chi connectivity index (χ4v) is 2.99. The minimum Gasteiger partial charge on any atom is -0.453 e. The van der Waals surface area contributed by atoms with E-state index in [4.69, 9.17) is 5.73 Å². The van der Waals surface area contributed by atoms with E-state index in [1.807, 2.05) is 12.2 Å². The molecule has 7 nitrogen and oxygen atoms in total. The average Bonchev–Trinajstić information content (AvgIpc) is 3.00. The van der Waals surface area contributed by atoms with Gasteiger partial charge >= 0.3 is 6.09 Å². The van der Waals surface area contributed by atoms with Gasteiger partial charge in [0.1, 0.15) is 11.8 Å². The van der Waals surface area contributed by atoms with Crippen LogP contribution in [-0.2, 0) is 14.3 Å². The number of piperidine rings is 1. The lowest BCUT2D eigenvalue weighted by Gasteiger charge is -2.35. The molecule has 21 heavy (non-hydrogen) atoms. The molecule has 7 heteroatoms. The molecular weight excluding hydrogens is 274 g/mol. The Balaban J connectivity index is 2.02. The van der Waals surface area contributed by atoms with E-state index in [0.29, 0.717) is 13.0 Å². The maximum atomic E-state index is 12.4. The lowest BCUT2D eigenvalue weighted by molar-refractivity contribution is -0.129. The van der Waals surface area contributed by atoms with Gasteiger partial charge in [0.2, 0.25) is 5.91 Å². The number of hydrogen-bond acceptors (Lipinski definition) is 5.